The molecule has 0 aromatic carbocycles. The summed E-state index contributed by atoms with van der Waals surface area (Å²) in [7, 11) is 0. The summed E-state index contributed by atoms with van der Waals surface area (Å²) in [5, 5.41) is 7.42. The van der Waals surface area contributed by atoms with E-state index < -0.39 is 24.2 Å². The fourth-order valence-electron chi connectivity index (χ4n) is 2.04. The van der Waals surface area contributed by atoms with Crippen LogP contribution < -0.4 is 4.90 Å². The number of carboxylic acids is 1. The molecule has 1 aromatic rings. The normalized spacial score (nSPS) is 15.3. The van der Waals surface area contributed by atoms with Gasteiger partial charge in [-0.25, -0.2) is 14.8 Å². The van der Waals surface area contributed by atoms with Gasteiger partial charge in [0, 0.05) is 39.1 Å². The molecule has 1 aliphatic rings. The topological polar surface area (TPSA) is 92.6 Å². The number of nitrogens with zero attached hydrogens (tertiary/aromatic N) is 3. The van der Waals surface area contributed by atoms with Gasteiger partial charge in [-0.3, -0.25) is 4.79 Å². The molecule has 7 nitrogen and oxygen atoms in total. The van der Waals surface area contributed by atoms with Crippen LogP contribution in [0, 0.1) is 6.92 Å². The Morgan fingerprint density at radius 1 is 1.33 bits per heavy atom. The Morgan fingerprint density at radius 2 is 1.88 bits per heavy atom. The van der Waals surface area contributed by atoms with Crippen molar-refractivity contribution in [3.63, 3.8) is 0 Å². The number of carbonyl (C=O) groups is 2. The summed E-state index contributed by atoms with van der Waals surface area (Å²) in [6, 6.07) is 1.75. The highest BCUT2D eigenvalue weighted by atomic mass is 19.4. The average Bonchev–Trinajstić information content (AvgIpc) is 2.46. The van der Waals surface area contributed by atoms with Gasteiger partial charge in [-0.05, 0) is 13.0 Å². The molecule has 0 saturated carbocycles. The van der Waals surface area contributed by atoms with Crippen LogP contribution in [0.25, 0.3) is 0 Å². The smallest absolute Gasteiger partial charge is 0.481 e. The number of aromatic nitrogens is 2. The zero-order valence-electron chi connectivity index (χ0n) is 13.2. The van der Waals surface area contributed by atoms with Gasteiger partial charge in [-0.15, -0.1) is 0 Å². The van der Waals surface area contributed by atoms with Crippen LogP contribution in [0.4, 0.5) is 19.0 Å². The van der Waals surface area contributed by atoms with Gasteiger partial charge in [-0.2, -0.15) is 13.2 Å². The average molecular weight is 349 g/mol. The van der Waals surface area contributed by atoms with Crippen LogP contribution in [-0.4, -0.2) is 52.4 Å². The van der Waals surface area contributed by atoms with Crippen molar-refractivity contribution < 1.29 is 32.6 Å². The standard InChI is InChI=1S/C12H14F3N3O2.C2H4O2/c1-8-16-5-2-10(17-8)18-6-3-9(4-7-18)20-11(19)12(13,14)15;1-2(3)4/h2,5,9H,3-4,6-7H2,1H3;1H3,(H,3,4). The predicted molar refractivity (Wildman–Crippen MR) is 77.5 cm³/mol. The third-order valence-electron chi connectivity index (χ3n) is 3.03. The maximum Gasteiger partial charge on any atom is 0.490 e. The highest BCUT2D eigenvalue weighted by molar-refractivity contribution is 5.75. The third-order valence-corrected chi connectivity index (χ3v) is 3.03. The predicted octanol–water partition coefficient (Wildman–Crippen LogP) is 1.95. The first-order chi connectivity index (χ1) is 11.1. The molecule has 1 N–H and O–H groups in total. The molecule has 0 aliphatic carbocycles. The monoisotopic (exact) mass is 349 g/mol. The summed E-state index contributed by atoms with van der Waals surface area (Å²) in [5.41, 5.74) is 0. The van der Waals surface area contributed by atoms with Crippen LogP contribution in [0.1, 0.15) is 25.6 Å². The summed E-state index contributed by atoms with van der Waals surface area (Å²) >= 11 is 0. The van der Waals surface area contributed by atoms with E-state index in [1.807, 2.05) is 4.90 Å². The molecule has 0 amide bonds. The molecule has 1 aliphatic heterocycles. The zero-order valence-corrected chi connectivity index (χ0v) is 13.2. The lowest BCUT2D eigenvalue weighted by molar-refractivity contribution is -0.205. The molecule has 0 spiro atoms. The van der Waals surface area contributed by atoms with E-state index in [1.165, 1.54) is 0 Å². The number of ether oxygens (including phenoxy) is 1. The van der Waals surface area contributed by atoms with Gasteiger partial charge in [0.2, 0.25) is 0 Å². The van der Waals surface area contributed by atoms with E-state index in [4.69, 9.17) is 9.90 Å². The second kappa shape index (κ2) is 8.46. The minimum Gasteiger partial charge on any atom is -0.481 e. The van der Waals surface area contributed by atoms with Gasteiger partial charge in [0.1, 0.15) is 17.7 Å². The number of alkyl halides is 3. The van der Waals surface area contributed by atoms with Crippen LogP contribution in [-0.2, 0) is 14.3 Å². The largest absolute Gasteiger partial charge is 0.490 e. The van der Waals surface area contributed by atoms with Crippen molar-refractivity contribution in [1.29, 1.82) is 0 Å². The maximum absolute atomic E-state index is 12.1. The van der Waals surface area contributed by atoms with Crippen molar-refractivity contribution in [2.45, 2.75) is 39.0 Å². The number of hydrogen-bond donors (Lipinski definition) is 1. The van der Waals surface area contributed by atoms with E-state index in [9.17, 15) is 18.0 Å². The lowest BCUT2D eigenvalue weighted by Crippen LogP contribution is -2.40. The number of aryl methyl sites for hydroxylation is 1. The van der Waals surface area contributed by atoms with E-state index in [-0.39, 0.29) is 0 Å². The number of carboxylic acid groups (broad SMARTS) is 1. The number of anilines is 1. The lowest BCUT2D eigenvalue weighted by Gasteiger charge is -2.32. The molecule has 134 valence electrons. The summed E-state index contributed by atoms with van der Waals surface area (Å²) in [5.74, 6) is -1.58. The van der Waals surface area contributed by atoms with Crippen molar-refractivity contribution in [1.82, 2.24) is 9.97 Å². The van der Waals surface area contributed by atoms with Gasteiger partial charge in [0.25, 0.3) is 5.97 Å². The molecule has 1 saturated heterocycles. The molecule has 1 fully saturated rings. The van der Waals surface area contributed by atoms with E-state index in [1.54, 1.807) is 19.2 Å². The number of aliphatic carboxylic acids is 1. The Balaban J connectivity index is 0.000000648. The molecule has 0 atom stereocenters. The Kier molecular flexibility index (Phi) is 6.93. The molecule has 2 heterocycles. The number of hydrogen-bond acceptors (Lipinski definition) is 6. The Morgan fingerprint density at radius 3 is 2.33 bits per heavy atom. The van der Waals surface area contributed by atoms with Gasteiger partial charge in [0.05, 0.1) is 0 Å². The first-order valence-corrected chi connectivity index (χ1v) is 7.11. The Hall–Kier alpha value is -2.39. The van der Waals surface area contributed by atoms with Gasteiger partial charge < -0.3 is 14.7 Å². The first kappa shape index (κ1) is 19.7. The van der Waals surface area contributed by atoms with Crippen LogP contribution in [0.5, 0.6) is 0 Å². The number of piperidine rings is 1. The quantitative estimate of drug-likeness (QED) is 0.816. The zero-order chi connectivity index (χ0) is 18.3. The summed E-state index contributed by atoms with van der Waals surface area (Å²) < 4.78 is 40.7. The number of rotatable bonds is 2. The van der Waals surface area contributed by atoms with Crippen LogP contribution in [0.15, 0.2) is 12.3 Å². The second-order valence-corrected chi connectivity index (χ2v) is 5.07. The van der Waals surface area contributed by atoms with Crippen molar-refractivity contribution in [2.75, 3.05) is 18.0 Å². The van der Waals surface area contributed by atoms with Gasteiger partial charge in [0.15, 0.2) is 0 Å². The lowest BCUT2D eigenvalue weighted by atomic mass is 10.1. The second-order valence-electron chi connectivity index (χ2n) is 5.07. The SMILES string of the molecule is CC(=O)O.Cc1nccc(N2CCC(OC(=O)C(F)(F)F)CC2)n1. The van der Waals surface area contributed by atoms with E-state index in [2.05, 4.69) is 14.7 Å². The van der Waals surface area contributed by atoms with Crippen molar-refractivity contribution >= 4 is 17.8 Å². The van der Waals surface area contributed by atoms with E-state index >= 15 is 0 Å². The fraction of sp³-hybridized carbons (Fsp3) is 0.571. The maximum atomic E-state index is 12.1. The van der Waals surface area contributed by atoms with Gasteiger partial charge >= 0.3 is 12.1 Å². The van der Waals surface area contributed by atoms with Crippen molar-refractivity contribution in [2.24, 2.45) is 0 Å². The van der Waals surface area contributed by atoms with E-state index in [0.717, 1.165) is 12.7 Å². The number of carbonyl (C=O) groups excluding carboxylic acids is 1. The van der Waals surface area contributed by atoms with E-state index in [0.29, 0.717) is 31.8 Å². The first-order valence-electron chi connectivity index (χ1n) is 7.11. The number of esters is 1. The van der Waals surface area contributed by atoms with Crippen molar-refractivity contribution in [3.8, 4) is 0 Å². The minimum atomic E-state index is -4.93. The number of halogens is 3. The van der Waals surface area contributed by atoms with Crippen LogP contribution in [0.3, 0.4) is 0 Å². The van der Waals surface area contributed by atoms with Crippen LogP contribution in [0.2, 0.25) is 0 Å². The van der Waals surface area contributed by atoms with Crippen LogP contribution >= 0.6 is 0 Å². The molecular formula is C14H18F3N3O4. The minimum absolute atomic E-state index is 0.352. The summed E-state index contributed by atoms with van der Waals surface area (Å²) in [6.07, 6.45) is -3.28. The molecule has 0 unspecified atom stereocenters. The van der Waals surface area contributed by atoms with Gasteiger partial charge in [-0.1, -0.05) is 0 Å². The molecule has 24 heavy (non-hydrogen) atoms. The van der Waals surface area contributed by atoms with Crippen molar-refractivity contribution in [3.05, 3.63) is 18.1 Å². The highest BCUT2D eigenvalue weighted by Crippen LogP contribution is 2.23. The molecule has 0 radical (unpaired) electrons. The third kappa shape index (κ3) is 6.80. The highest BCUT2D eigenvalue weighted by Gasteiger charge is 2.42. The molecule has 0 bridgehead atoms. The molecule has 10 heteroatoms. The fourth-order valence-corrected chi connectivity index (χ4v) is 2.04. The molecule has 2 rings (SSSR count). The molecule has 1 aromatic heterocycles. The molecular weight excluding hydrogens is 331 g/mol. The summed E-state index contributed by atoms with van der Waals surface area (Å²) in [6.45, 7) is 3.83. The summed E-state index contributed by atoms with van der Waals surface area (Å²) in [4.78, 5) is 29.9. The Labute approximate surface area is 136 Å². The Bertz CT molecular complexity index is 569.